The molecule has 1 rings (SSSR count). The molecule has 0 aromatic carbocycles. The molecule has 4 nitrogen and oxygen atoms in total. The van der Waals surface area contributed by atoms with Gasteiger partial charge in [-0.25, -0.2) is 4.79 Å². The summed E-state index contributed by atoms with van der Waals surface area (Å²) in [5.74, 6) is 0. The molecule has 0 unspecified atom stereocenters. The van der Waals surface area contributed by atoms with E-state index in [2.05, 4.69) is 5.32 Å². The van der Waals surface area contributed by atoms with Crippen molar-refractivity contribution in [1.29, 1.82) is 0 Å². The molecular weight excluding hydrogens is 146 g/mol. The summed E-state index contributed by atoms with van der Waals surface area (Å²) >= 11 is 0. The summed E-state index contributed by atoms with van der Waals surface area (Å²) in [6.45, 7) is 4.21. The van der Waals surface area contributed by atoms with Crippen LogP contribution in [0.4, 0.5) is 4.79 Å². The van der Waals surface area contributed by atoms with Crippen molar-refractivity contribution in [3.05, 3.63) is 0 Å². The molecule has 1 aliphatic heterocycles. The Bertz CT molecular complexity index is 188. The minimum absolute atomic E-state index is 0.296. The molecule has 0 aromatic rings. The number of hydrogen-bond donors (Lipinski definition) is 1. The molecule has 4 heteroatoms. The van der Waals surface area contributed by atoms with Crippen molar-refractivity contribution >= 4 is 12.4 Å². The van der Waals surface area contributed by atoms with Crippen molar-refractivity contribution in [2.75, 3.05) is 6.54 Å². The number of nitrogens with one attached hydrogen (secondary N) is 1. The van der Waals surface area contributed by atoms with E-state index >= 15 is 0 Å². The lowest BCUT2D eigenvalue weighted by Gasteiger charge is -2.34. The normalized spacial score (nSPS) is 28.5. The molecule has 0 saturated carbocycles. The molecular formula is C7H11NO3. The fourth-order valence-electron chi connectivity index (χ4n) is 0.929. The van der Waals surface area contributed by atoms with E-state index in [4.69, 9.17) is 4.74 Å². The van der Waals surface area contributed by atoms with Gasteiger partial charge < -0.3 is 10.1 Å². The number of aldehydes is 1. The number of cyclic esters (lactones) is 1. The number of hydrogen-bond acceptors (Lipinski definition) is 3. The van der Waals surface area contributed by atoms with Crippen LogP contribution in [0.25, 0.3) is 0 Å². The predicted molar refractivity (Wildman–Crippen MR) is 38.1 cm³/mol. The van der Waals surface area contributed by atoms with E-state index in [9.17, 15) is 9.59 Å². The standard InChI is InChI=1S/C7H11NO3/c1-7(2)4-8-6(10)11-5(7)3-9/h3,5H,4H2,1-2H3,(H,8,10)/t5-/m1/s1. The molecule has 1 N–H and O–H groups in total. The molecule has 0 spiro atoms. The molecule has 1 saturated heterocycles. The summed E-state index contributed by atoms with van der Waals surface area (Å²) in [4.78, 5) is 21.0. The largest absolute Gasteiger partial charge is 0.438 e. The molecule has 62 valence electrons. The zero-order valence-corrected chi connectivity index (χ0v) is 6.59. The van der Waals surface area contributed by atoms with Gasteiger partial charge in [0.15, 0.2) is 12.4 Å². The Morgan fingerprint density at radius 2 is 2.36 bits per heavy atom. The van der Waals surface area contributed by atoms with Crippen LogP contribution in [-0.4, -0.2) is 25.0 Å². The predicted octanol–water partition coefficient (Wildman–Crippen LogP) is 0.320. The van der Waals surface area contributed by atoms with E-state index in [1.807, 2.05) is 13.8 Å². The number of carbonyl (C=O) groups is 2. The maximum Gasteiger partial charge on any atom is 0.407 e. The van der Waals surface area contributed by atoms with E-state index in [0.29, 0.717) is 12.8 Å². The van der Waals surface area contributed by atoms with Crippen LogP contribution in [0, 0.1) is 5.41 Å². The highest BCUT2D eigenvalue weighted by atomic mass is 16.6. The van der Waals surface area contributed by atoms with Crippen LogP contribution < -0.4 is 5.32 Å². The van der Waals surface area contributed by atoms with Gasteiger partial charge in [0.2, 0.25) is 0 Å². The van der Waals surface area contributed by atoms with Crippen molar-refractivity contribution in [2.45, 2.75) is 20.0 Å². The third-order valence-electron chi connectivity index (χ3n) is 1.82. The first-order valence-corrected chi connectivity index (χ1v) is 3.46. The summed E-state index contributed by atoms with van der Waals surface area (Å²) in [5.41, 5.74) is -0.296. The van der Waals surface area contributed by atoms with Crippen molar-refractivity contribution in [2.24, 2.45) is 5.41 Å². The third-order valence-corrected chi connectivity index (χ3v) is 1.82. The summed E-state index contributed by atoms with van der Waals surface area (Å²) in [6, 6.07) is 0. The van der Waals surface area contributed by atoms with Crippen LogP contribution in [0.15, 0.2) is 0 Å². The Kier molecular flexibility index (Phi) is 1.85. The van der Waals surface area contributed by atoms with Crippen molar-refractivity contribution in [1.82, 2.24) is 5.32 Å². The maximum atomic E-state index is 10.6. The minimum atomic E-state index is -0.615. The molecule has 0 aliphatic carbocycles. The van der Waals surface area contributed by atoms with Crippen LogP contribution in [0.5, 0.6) is 0 Å². The van der Waals surface area contributed by atoms with Gasteiger partial charge in [-0.15, -0.1) is 0 Å². The van der Waals surface area contributed by atoms with Crippen LogP contribution >= 0.6 is 0 Å². The van der Waals surface area contributed by atoms with Crippen LogP contribution in [0.2, 0.25) is 0 Å². The Balaban J connectivity index is 2.70. The van der Waals surface area contributed by atoms with E-state index < -0.39 is 12.2 Å². The molecule has 0 aromatic heterocycles. The second-order valence-electron chi connectivity index (χ2n) is 3.30. The second-order valence-corrected chi connectivity index (χ2v) is 3.30. The molecule has 1 heterocycles. The molecule has 0 radical (unpaired) electrons. The van der Waals surface area contributed by atoms with Crippen molar-refractivity contribution in [3.8, 4) is 0 Å². The lowest BCUT2D eigenvalue weighted by Crippen LogP contribution is -2.51. The molecule has 1 fully saturated rings. The number of amides is 1. The van der Waals surface area contributed by atoms with E-state index in [-0.39, 0.29) is 5.41 Å². The minimum Gasteiger partial charge on any atom is -0.438 e. The third kappa shape index (κ3) is 1.50. The fraction of sp³-hybridized carbons (Fsp3) is 0.714. The lowest BCUT2D eigenvalue weighted by molar-refractivity contribution is -0.122. The van der Waals surface area contributed by atoms with E-state index in [1.165, 1.54) is 0 Å². The average Bonchev–Trinajstić information content (AvgIpc) is 1.94. The van der Waals surface area contributed by atoms with Crippen LogP contribution in [0.1, 0.15) is 13.8 Å². The van der Waals surface area contributed by atoms with Gasteiger partial charge in [0, 0.05) is 12.0 Å². The van der Waals surface area contributed by atoms with Crippen molar-refractivity contribution in [3.63, 3.8) is 0 Å². The Morgan fingerprint density at radius 1 is 1.73 bits per heavy atom. The first-order valence-electron chi connectivity index (χ1n) is 3.46. The van der Waals surface area contributed by atoms with Gasteiger partial charge in [0.25, 0.3) is 0 Å². The monoisotopic (exact) mass is 157 g/mol. The van der Waals surface area contributed by atoms with Gasteiger partial charge in [0.05, 0.1) is 0 Å². The Labute approximate surface area is 64.9 Å². The molecule has 1 amide bonds. The highest BCUT2D eigenvalue weighted by molar-refractivity contribution is 5.73. The highest BCUT2D eigenvalue weighted by Crippen LogP contribution is 2.23. The smallest absolute Gasteiger partial charge is 0.407 e. The second kappa shape index (κ2) is 2.53. The molecule has 1 aliphatic rings. The number of carbonyl (C=O) groups excluding carboxylic acids is 2. The van der Waals surface area contributed by atoms with E-state index in [0.717, 1.165) is 0 Å². The van der Waals surface area contributed by atoms with Crippen molar-refractivity contribution < 1.29 is 14.3 Å². The number of rotatable bonds is 1. The zero-order chi connectivity index (χ0) is 8.48. The van der Waals surface area contributed by atoms with Gasteiger partial charge in [-0.05, 0) is 0 Å². The SMILES string of the molecule is CC1(C)CNC(=O)O[C@@H]1C=O. The summed E-state index contributed by atoms with van der Waals surface area (Å²) in [5, 5.41) is 2.52. The average molecular weight is 157 g/mol. The van der Waals surface area contributed by atoms with Crippen LogP contribution in [0.3, 0.4) is 0 Å². The van der Waals surface area contributed by atoms with Gasteiger partial charge >= 0.3 is 6.09 Å². The Morgan fingerprint density at radius 3 is 2.82 bits per heavy atom. The first kappa shape index (κ1) is 8.04. The van der Waals surface area contributed by atoms with Gasteiger partial charge in [-0.3, -0.25) is 4.79 Å². The fourth-order valence-corrected chi connectivity index (χ4v) is 0.929. The Hall–Kier alpha value is -1.06. The topological polar surface area (TPSA) is 55.4 Å². The highest BCUT2D eigenvalue weighted by Gasteiger charge is 2.36. The summed E-state index contributed by atoms with van der Waals surface area (Å²) < 4.78 is 4.73. The molecule has 1 atom stereocenters. The van der Waals surface area contributed by atoms with Gasteiger partial charge in [0.1, 0.15) is 0 Å². The summed E-state index contributed by atoms with van der Waals surface area (Å²) in [6.07, 6.45) is -0.462. The molecule has 0 bridgehead atoms. The number of ether oxygens (including phenoxy) is 1. The number of alkyl carbamates (subject to hydrolysis) is 1. The maximum absolute atomic E-state index is 10.6. The summed E-state index contributed by atoms with van der Waals surface area (Å²) in [7, 11) is 0. The van der Waals surface area contributed by atoms with E-state index in [1.54, 1.807) is 0 Å². The molecule has 11 heavy (non-hydrogen) atoms. The van der Waals surface area contributed by atoms with Gasteiger partial charge in [-0.1, -0.05) is 13.8 Å². The zero-order valence-electron chi connectivity index (χ0n) is 6.59. The lowest BCUT2D eigenvalue weighted by atomic mass is 9.86. The van der Waals surface area contributed by atoms with Crippen LogP contribution in [-0.2, 0) is 9.53 Å². The quantitative estimate of drug-likeness (QED) is 0.558. The van der Waals surface area contributed by atoms with Gasteiger partial charge in [-0.2, -0.15) is 0 Å². The first-order chi connectivity index (χ1) is 5.06.